The van der Waals surface area contributed by atoms with Crippen LogP contribution in [0.3, 0.4) is 0 Å². The van der Waals surface area contributed by atoms with Gasteiger partial charge in [-0.2, -0.15) is 0 Å². The molecule has 0 saturated heterocycles. The molecule has 2 rings (SSSR count). The molecule has 0 aliphatic carbocycles. The van der Waals surface area contributed by atoms with Gasteiger partial charge in [0.25, 0.3) is 0 Å². The molecule has 0 spiro atoms. The van der Waals surface area contributed by atoms with Crippen LogP contribution in [-0.4, -0.2) is 31.4 Å². The smallest absolute Gasteiger partial charge is 0.233 e. The van der Waals surface area contributed by atoms with Gasteiger partial charge in [0.1, 0.15) is 0 Å². The number of hydrogen-bond acceptors (Lipinski definition) is 6. The highest BCUT2D eigenvalue weighted by Gasteiger charge is 2.18. The van der Waals surface area contributed by atoms with Gasteiger partial charge in [-0.15, -0.1) is 23.0 Å². The number of amides is 1. The van der Waals surface area contributed by atoms with Gasteiger partial charge in [-0.25, -0.2) is 4.68 Å². The third-order valence-corrected chi connectivity index (χ3v) is 4.42. The van der Waals surface area contributed by atoms with E-state index in [9.17, 15) is 4.79 Å². The van der Waals surface area contributed by atoms with Gasteiger partial charge in [0.15, 0.2) is 0 Å². The van der Waals surface area contributed by atoms with Crippen molar-refractivity contribution in [2.45, 2.75) is 30.4 Å². The van der Waals surface area contributed by atoms with Gasteiger partial charge in [-0.1, -0.05) is 23.9 Å². The van der Waals surface area contributed by atoms with Crippen LogP contribution in [0.2, 0.25) is 0 Å². The second kappa shape index (κ2) is 7.20. The van der Waals surface area contributed by atoms with E-state index in [4.69, 9.17) is 0 Å². The second-order valence-corrected chi connectivity index (χ2v) is 6.33. The first-order valence-corrected chi connectivity index (χ1v) is 7.80. The van der Waals surface area contributed by atoms with E-state index < -0.39 is 0 Å². The van der Waals surface area contributed by atoms with E-state index in [0.717, 1.165) is 4.88 Å². The average molecular weight is 309 g/mol. The van der Waals surface area contributed by atoms with Crippen molar-refractivity contribution in [1.82, 2.24) is 25.5 Å². The highest BCUT2D eigenvalue weighted by Crippen LogP contribution is 2.20. The molecule has 106 valence electrons. The number of hydrogen-bond donors (Lipinski definition) is 1. The molecule has 0 aromatic carbocycles. The summed E-state index contributed by atoms with van der Waals surface area (Å²) in [5, 5.41) is 16.6. The number of aromatic nitrogens is 4. The van der Waals surface area contributed by atoms with Crippen LogP contribution < -0.4 is 5.32 Å². The topological polar surface area (TPSA) is 72.7 Å². The van der Waals surface area contributed by atoms with Crippen molar-refractivity contribution in [3.05, 3.63) is 35.0 Å². The van der Waals surface area contributed by atoms with Crippen LogP contribution in [0.25, 0.3) is 0 Å². The lowest BCUT2D eigenvalue weighted by atomic mass is 10.4. The van der Waals surface area contributed by atoms with Gasteiger partial charge in [-0.3, -0.25) is 4.79 Å². The van der Waals surface area contributed by atoms with Crippen molar-refractivity contribution in [2.24, 2.45) is 0 Å². The van der Waals surface area contributed by atoms with Gasteiger partial charge >= 0.3 is 0 Å². The summed E-state index contributed by atoms with van der Waals surface area (Å²) < 4.78 is 1.61. The molecule has 1 atom stereocenters. The van der Waals surface area contributed by atoms with Crippen molar-refractivity contribution >= 4 is 29.0 Å². The van der Waals surface area contributed by atoms with Crippen molar-refractivity contribution in [1.29, 1.82) is 0 Å². The minimum Gasteiger partial charge on any atom is -0.350 e. The van der Waals surface area contributed by atoms with Crippen molar-refractivity contribution in [3.8, 4) is 0 Å². The Bertz CT molecular complexity index is 566. The molecule has 20 heavy (non-hydrogen) atoms. The number of carbonyl (C=O) groups is 1. The SMILES string of the molecule is C=CCn1nnnc1SC(C)C(=O)NCc1cccs1. The number of rotatable bonds is 7. The van der Waals surface area contributed by atoms with Crippen LogP contribution >= 0.6 is 23.1 Å². The first kappa shape index (κ1) is 14.7. The molecule has 2 aromatic heterocycles. The van der Waals surface area contributed by atoms with Crippen LogP contribution in [0.15, 0.2) is 35.3 Å². The summed E-state index contributed by atoms with van der Waals surface area (Å²) in [5.74, 6) is -0.0310. The Morgan fingerprint density at radius 2 is 2.55 bits per heavy atom. The summed E-state index contributed by atoms with van der Waals surface area (Å²) in [6.45, 7) is 6.56. The molecular formula is C12H15N5OS2. The Balaban J connectivity index is 1.87. The molecule has 0 bridgehead atoms. The van der Waals surface area contributed by atoms with Crippen molar-refractivity contribution < 1.29 is 4.79 Å². The van der Waals surface area contributed by atoms with Crippen molar-refractivity contribution in [3.63, 3.8) is 0 Å². The Labute approximate surface area is 125 Å². The van der Waals surface area contributed by atoms with E-state index in [2.05, 4.69) is 27.4 Å². The summed E-state index contributed by atoms with van der Waals surface area (Å²) in [7, 11) is 0. The minimum atomic E-state index is -0.260. The zero-order valence-corrected chi connectivity index (χ0v) is 12.7. The molecule has 1 unspecified atom stereocenters. The maximum atomic E-state index is 12.0. The van der Waals surface area contributed by atoms with E-state index in [1.165, 1.54) is 11.8 Å². The molecule has 0 fully saturated rings. The molecular weight excluding hydrogens is 294 g/mol. The van der Waals surface area contributed by atoms with Crippen LogP contribution in [-0.2, 0) is 17.9 Å². The molecule has 6 nitrogen and oxygen atoms in total. The summed E-state index contributed by atoms with van der Waals surface area (Å²) in [6.07, 6.45) is 1.71. The molecule has 0 aliphatic heterocycles. The zero-order chi connectivity index (χ0) is 14.4. The molecule has 2 aromatic rings. The third kappa shape index (κ3) is 3.91. The number of thioether (sulfide) groups is 1. The van der Waals surface area contributed by atoms with Gasteiger partial charge in [-0.05, 0) is 28.8 Å². The Hall–Kier alpha value is -1.67. The third-order valence-electron chi connectivity index (χ3n) is 2.47. The summed E-state index contributed by atoms with van der Waals surface area (Å²) in [6, 6.07) is 3.96. The van der Waals surface area contributed by atoms with Crippen LogP contribution in [0.5, 0.6) is 0 Å². The minimum absolute atomic E-state index is 0.0310. The lowest BCUT2D eigenvalue weighted by molar-refractivity contribution is -0.120. The summed E-state index contributed by atoms with van der Waals surface area (Å²) in [5.41, 5.74) is 0. The molecule has 0 radical (unpaired) electrons. The lowest BCUT2D eigenvalue weighted by Gasteiger charge is -2.10. The van der Waals surface area contributed by atoms with E-state index >= 15 is 0 Å². The largest absolute Gasteiger partial charge is 0.350 e. The predicted molar refractivity (Wildman–Crippen MR) is 79.5 cm³/mol. The molecule has 0 aliphatic rings. The summed E-state index contributed by atoms with van der Waals surface area (Å²) >= 11 is 2.95. The molecule has 8 heteroatoms. The summed E-state index contributed by atoms with van der Waals surface area (Å²) in [4.78, 5) is 13.1. The van der Waals surface area contributed by atoms with Gasteiger partial charge < -0.3 is 5.32 Å². The van der Waals surface area contributed by atoms with Crippen molar-refractivity contribution in [2.75, 3.05) is 0 Å². The normalized spacial score (nSPS) is 12.1. The quantitative estimate of drug-likeness (QED) is 0.623. The zero-order valence-electron chi connectivity index (χ0n) is 11.0. The number of thiophene rings is 1. The van der Waals surface area contributed by atoms with Gasteiger partial charge in [0, 0.05) is 4.88 Å². The number of carbonyl (C=O) groups excluding carboxylic acids is 1. The predicted octanol–water partition coefficient (Wildman–Crippen LogP) is 1.72. The van der Waals surface area contributed by atoms with Gasteiger partial charge in [0.2, 0.25) is 11.1 Å². The maximum absolute atomic E-state index is 12.0. The van der Waals surface area contributed by atoms with Crippen LogP contribution in [0, 0.1) is 0 Å². The second-order valence-electron chi connectivity index (χ2n) is 3.99. The van der Waals surface area contributed by atoms with E-state index in [1.807, 2.05) is 24.4 Å². The molecule has 1 N–H and O–H groups in total. The maximum Gasteiger partial charge on any atom is 0.233 e. The monoisotopic (exact) mass is 309 g/mol. The Morgan fingerprint density at radius 1 is 1.70 bits per heavy atom. The molecule has 0 saturated carbocycles. The van der Waals surface area contributed by atoms with Gasteiger partial charge in [0.05, 0.1) is 18.3 Å². The number of tetrazole rings is 1. The molecule has 2 heterocycles. The number of nitrogens with zero attached hydrogens (tertiary/aromatic N) is 4. The fourth-order valence-electron chi connectivity index (χ4n) is 1.46. The first-order chi connectivity index (χ1) is 9.70. The standard InChI is InChI=1S/C12H15N5OS2/c1-3-6-17-12(14-15-16-17)20-9(2)11(18)13-8-10-5-4-7-19-10/h3-5,7,9H,1,6,8H2,2H3,(H,13,18). The fourth-order valence-corrected chi connectivity index (χ4v) is 2.93. The molecule has 1 amide bonds. The van der Waals surface area contributed by atoms with E-state index in [1.54, 1.807) is 22.1 Å². The Morgan fingerprint density at radius 3 is 3.25 bits per heavy atom. The number of nitrogens with one attached hydrogen (secondary N) is 1. The highest BCUT2D eigenvalue weighted by atomic mass is 32.2. The Kier molecular flexibility index (Phi) is 5.31. The van der Waals surface area contributed by atoms with Crippen LogP contribution in [0.1, 0.15) is 11.8 Å². The highest BCUT2D eigenvalue weighted by molar-refractivity contribution is 8.00. The lowest BCUT2D eigenvalue weighted by Crippen LogP contribution is -2.30. The van der Waals surface area contributed by atoms with E-state index in [-0.39, 0.29) is 11.2 Å². The first-order valence-electron chi connectivity index (χ1n) is 6.04. The number of allylic oxidation sites excluding steroid dienone is 1. The van der Waals surface area contributed by atoms with Crippen LogP contribution in [0.4, 0.5) is 0 Å². The average Bonchev–Trinajstić information content (AvgIpc) is 3.09. The van der Waals surface area contributed by atoms with E-state index in [0.29, 0.717) is 18.2 Å². The fraction of sp³-hybridized carbons (Fsp3) is 0.333.